The van der Waals surface area contributed by atoms with Crippen molar-refractivity contribution in [3.8, 4) is 0 Å². The number of fused-ring (bicyclic) bond motifs is 1. The molecule has 0 saturated heterocycles. The fourth-order valence-corrected chi connectivity index (χ4v) is 2.77. The zero-order valence-corrected chi connectivity index (χ0v) is 10.4. The highest BCUT2D eigenvalue weighted by atomic mass is 16.3. The van der Waals surface area contributed by atoms with Crippen LogP contribution >= 0.6 is 0 Å². The molecule has 2 N–H and O–H groups in total. The molecule has 1 saturated carbocycles. The van der Waals surface area contributed by atoms with E-state index in [4.69, 9.17) is 0 Å². The van der Waals surface area contributed by atoms with Crippen molar-refractivity contribution in [3.05, 3.63) is 35.4 Å². The molecule has 3 heteroatoms. The van der Waals surface area contributed by atoms with E-state index in [0.717, 1.165) is 25.7 Å². The van der Waals surface area contributed by atoms with Gasteiger partial charge >= 0.3 is 0 Å². The minimum Gasteiger partial charge on any atom is -0.383 e. The van der Waals surface area contributed by atoms with E-state index < -0.39 is 6.10 Å². The number of aliphatic hydroxyl groups is 1. The molecule has 2 aliphatic carbocycles. The van der Waals surface area contributed by atoms with Gasteiger partial charge in [0.15, 0.2) is 0 Å². The maximum Gasteiger partial charge on any atom is 0.249 e. The number of carbonyl (C=O) groups excluding carboxylic acids is 1. The molecule has 0 aromatic heterocycles. The summed E-state index contributed by atoms with van der Waals surface area (Å²) < 4.78 is 0. The van der Waals surface area contributed by atoms with Crippen LogP contribution in [0.3, 0.4) is 0 Å². The predicted molar refractivity (Wildman–Crippen MR) is 69.1 cm³/mol. The van der Waals surface area contributed by atoms with Gasteiger partial charge in [-0.2, -0.15) is 0 Å². The molecule has 0 heterocycles. The fraction of sp³-hybridized carbons (Fsp3) is 0.533. The zero-order chi connectivity index (χ0) is 12.5. The first kappa shape index (κ1) is 11.7. The summed E-state index contributed by atoms with van der Waals surface area (Å²) in [5.74, 6) is 0.511. The lowest BCUT2D eigenvalue weighted by molar-refractivity contribution is -0.130. The largest absolute Gasteiger partial charge is 0.383 e. The minimum atomic E-state index is -0.784. The van der Waals surface area contributed by atoms with Crippen molar-refractivity contribution in [2.24, 2.45) is 11.8 Å². The highest BCUT2D eigenvalue weighted by molar-refractivity contribution is 5.81. The van der Waals surface area contributed by atoms with Gasteiger partial charge in [0.25, 0.3) is 0 Å². The lowest BCUT2D eigenvalue weighted by Gasteiger charge is -2.13. The lowest BCUT2D eigenvalue weighted by atomic mass is 10.1. The molecular formula is C15H19NO2. The summed E-state index contributed by atoms with van der Waals surface area (Å²) in [5, 5.41) is 12.6. The first-order valence-corrected chi connectivity index (χ1v) is 6.76. The predicted octanol–water partition coefficient (Wildman–Crippen LogP) is 1.29. The summed E-state index contributed by atoms with van der Waals surface area (Å²) in [6.45, 7) is 0.678. The van der Waals surface area contributed by atoms with Crippen molar-refractivity contribution in [2.45, 2.75) is 31.8 Å². The monoisotopic (exact) mass is 245 g/mol. The number of aliphatic hydroxyl groups excluding tert-OH is 1. The third kappa shape index (κ3) is 2.41. The molecule has 3 rings (SSSR count). The number of nitrogens with one attached hydrogen (secondary N) is 1. The standard InChI is InChI=1S/C15H19NO2/c17-14(11-5-6-11)15(18)16-9-10-7-12-3-1-2-4-13(12)8-10/h1-4,10-11,14,17H,5-9H2,(H,16,18). The van der Waals surface area contributed by atoms with Crippen LogP contribution in [0.2, 0.25) is 0 Å². The van der Waals surface area contributed by atoms with E-state index in [9.17, 15) is 9.90 Å². The normalized spacial score (nSPS) is 20.5. The lowest BCUT2D eigenvalue weighted by Crippen LogP contribution is -2.38. The molecule has 0 aliphatic heterocycles. The number of carbonyl (C=O) groups is 1. The van der Waals surface area contributed by atoms with Gasteiger partial charge in [0.1, 0.15) is 6.10 Å². The second-order valence-corrected chi connectivity index (χ2v) is 5.57. The Balaban J connectivity index is 1.49. The van der Waals surface area contributed by atoms with Gasteiger partial charge in [0.05, 0.1) is 0 Å². The summed E-state index contributed by atoms with van der Waals surface area (Å²) in [7, 11) is 0. The van der Waals surface area contributed by atoms with Crippen molar-refractivity contribution in [2.75, 3.05) is 6.54 Å². The van der Waals surface area contributed by atoms with Gasteiger partial charge < -0.3 is 10.4 Å². The van der Waals surface area contributed by atoms with E-state index in [1.54, 1.807) is 0 Å². The molecule has 1 atom stereocenters. The van der Waals surface area contributed by atoms with Crippen LogP contribution in [0.15, 0.2) is 24.3 Å². The van der Waals surface area contributed by atoms with E-state index in [0.29, 0.717) is 12.5 Å². The zero-order valence-electron chi connectivity index (χ0n) is 10.4. The maximum absolute atomic E-state index is 11.7. The number of hydrogen-bond donors (Lipinski definition) is 2. The topological polar surface area (TPSA) is 49.3 Å². The first-order chi connectivity index (χ1) is 8.74. The van der Waals surface area contributed by atoms with Gasteiger partial charge in [-0.05, 0) is 48.6 Å². The number of rotatable bonds is 4. The first-order valence-electron chi connectivity index (χ1n) is 6.76. The van der Waals surface area contributed by atoms with Crippen molar-refractivity contribution in [1.29, 1.82) is 0 Å². The molecule has 0 radical (unpaired) electrons. The Morgan fingerprint density at radius 3 is 2.44 bits per heavy atom. The van der Waals surface area contributed by atoms with Crippen LogP contribution in [-0.2, 0) is 17.6 Å². The van der Waals surface area contributed by atoms with E-state index >= 15 is 0 Å². The van der Waals surface area contributed by atoms with E-state index in [1.807, 2.05) is 0 Å². The fourth-order valence-electron chi connectivity index (χ4n) is 2.77. The van der Waals surface area contributed by atoms with Gasteiger partial charge in [-0.15, -0.1) is 0 Å². The number of amides is 1. The molecule has 0 bridgehead atoms. The van der Waals surface area contributed by atoms with Crippen molar-refractivity contribution in [3.63, 3.8) is 0 Å². The summed E-state index contributed by atoms with van der Waals surface area (Å²) in [6, 6.07) is 8.46. The smallest absolute Gasteiger partial charge is 0.249 e. The minimum absolute atomic E-state index is 0.187. The average Bonchev–Trinajstić information content (AvgIpc) is 3.14. The van der Waals surface area contributed by atoms with Crippen LogP contribution in [0.25, 0.3) is 0 Å². The second-order valence-electron chi connectivity index (χ2n) is 5.57. The Morgan fingerprint density at radius 1 is 1.28 bits per heavy atom. The maximum atomic E-state index is 11.7. The van der Waals surface area contributed by atoms with Crippen molar-refractivity contribution in [1.82, 2.24) is 5.32 Å². The van der Waals surface area contributed by atoms with E-state index in [2.05, 4.69) is 29.6 Å². The summed E-state index contributed by atoms with van der Waals surface area (Å²) in [6.07, 6.45) is 3.27. The summed E-state index contributed by atoms with van der Waals surface area (Å²) in [5.41, 5.74) is 2.80. The van der Waals surface area contributed by atoms with Crippen LogP contribution in [-0.4, -0.2) is 23.7 Å². The molecule has 1 fully saturated rings. The Morgan fingerprint density at radius 2 is 1.89 bits per heavy atom. The molecule has 3 nitrogen and oxygen atoms in total. The van der Waals surface area contributed by atoms with Crippen LogP contribution in [0.4, 0.5) is 0 Å². The molecule has 1 aromatic rings. The Kier molecular flexibility index (Phi) is 3.08. The van der Waals surface area contributed by atoms with Gasteiger partial charge in [0, 0.05) is 6.54 Å². The molecule has 1 unspecified atom stereocenters. The van der Waals surface area contributed by atoms with Crippen LogP contribution < -0.4 is 5.32 Å². The number of benzene rings is 1. The SMILES string of the molecule is O=C(NCC1Cc2ccccc2C1)C(O)C1CC1. The molecular weight excluding hydrogens is 226 g/mol. The highest BCUT2D eigenvalue weighted by Crippen LogP contribution is 2.32. The third-order valence-electron chi connectivity index (χ3n) is 4.04. The molecule has 0 spiro atoms. The Labute approximate surface area is 107 Å². The van der Waals surface area contributed by atoms with E-state index in [-0.39, 0.29) is 11.8 Å². The summed E-state index contributed by atoms with van der Waals surface area (Å²) >= 11 is 0. The molecule has 96 valence electrons. The molecule has 1 amide bonds. The van der Waals surface area contributed by atoms with Crippen LogP contribution in [0, 0.1) is 11.8 Å². The molecule has 1 aromatic carbocycles. The summed E-state index contributed by atoms with van der Waals surface area (Å²) in [4.78, 5) is 11.7. The quantitative estimate of drug-likeness (QED) is 0.839. The second kappa shape index (κ2) is 4.73. The van der Waals surface area contributed by atoms with Gasteiger partial charge in [-0.3, -0.25) is 4.79 Å². The highest BCUT2D eigenvalue weighted by Gasteiger charge is 2.34. The Bertz CT molecular complexity index is 429. The van der Waals surface area contributed by atoms with Crippen molar-refractivity contribution < 1.29 is 9.90 Å². The third-order valence-corrected chi connectivity index (χ3v) is 4.04. The molecule has 2 aliphatic rings. The van der Waals surface area contributed by atoms with Gasteiger partial charge in [-0.1, -0.05) is 24.3 Å². The van der Waals surface area contributed by atoms with Gasteiger partial charge in [-0.25, -0.2) is 0 Å². The van der Waals surface area contributed by atoms with Crippen LogP contribution in [0.1, 0.15) is 24.0 Å². The van der Waals surface area contributed by atoms with Gasteiger partial charge in [0.2, 0.25) is 5.91 Å². The van der Waals surface area contributed by atoms with E-state index in [1.165, 1.54) is 11.1 Å². The van der Waals surface area contributed by atoms with Crippen LogP contribution in [0.5, 0.6) is 0 Å². The molecule has 18 heavy (non-hydrogen) atoms. The average molecular weight is 245 g/mol. The Hall–Kier alpha value is -1.35. The van der Waals surface area contributed by atoms with Crippen molar-refractivity contribution >= 4 is 5.91 Å². The number of hydrogen-bond acceptors (Lipinski definition) is 2.